The van der Waals surface area contributed by atoms with Gasteiger partial charge in [-0.25, -0.2) is 0 Å². The summed E-state index contributed by atoms with van der Waals surface area (Å²) < 4.78 is 0. The van der Waals surface area contributed by atoms with Crippen molar-refractivity contribution in [2.45, 2.75) is 64.7 Å². The van der Waals surface area contributed by atoms with Gasteiger partial charge in [-0.2, -0.15) is 0 Å². The van der Waals surface area contributed by atoms with Crippen LogP contribution < -0.4 is 4.90 Å². The van der Waals surface area contributed by atoms with Crippen LogP contribution in [0.4, 0.5) is 5.69 Å². The van der Waals surface area contributed by atoms with E-state index in [0.29, 0.717) is 11.8 Å². The highest BCUT2D eigenvalue weighted by Crippen LogP contribution is 2.48. The second-order valence-electron chi connectivity index (χ2n) is 9.69. The summed E-state index contributed by atoms with van der Waals surface area (Å²) in [4.78, 5) is 4.35. The Hall–Kier alpha value is -2.45. The maximum Gasteiger partial charge on any atom is 0.0729 e. The molecule has 3 aromatic rings. The molecule has 0 saturated carbocycles. The molecule has 0 bridgehead atoms. The van der Waals surface area contributed by atoms with E-state index in [1.807, 2.05) is 0 Å². The summed E-state index contributed by atoms with van der Waals surface area (Å²) in [5.74, 6) is 1.75. The molecular weight excluding hydrogens is 418 g/mol. The third kappa shape index (κ3) is 4.51. The van der Waals surface area contributed by atoms with Gasteiger partial charge in [0.05, 0.1) is 5.88 Å². The molecule has 1 heterocycles. The van der Waals surface area contributed by atoms with Crippen molar-refractivity contribution in [3.8, 4) is 0 Å². The Morgan fingerprint density at radius 2 is 1.27 bits per heavy atom. The molecule has 2 unspecified atom stereocenters. The number of benzene rings is 3. The molecular formula is C31H35NS. The van der Waals surface area contributed by atoms with E-state index in [-0.39, 0.29) is 0 Å². The largest absolute Gasteiger partial charge is 0.334 e. The lowest BCUT2D eigenvalue weighted by atomic mass is 9.83. The van der Waals surface area contributed by atoms with Gasteiger partial charge in [-0.1, -0.05) is 98.6 Å². The zero-order valence-corrected chi connectivity index (χ0v) is 21.0. The number of allylic oxidation sites excluding steroid dienone is 2. The van der Waals surface area contributed by atoms with E-state index < -0.39 is 0 Å². The van der Waals surface area contributed by atoms with Crippen molar-refractivity contribution >= 4 is 17.4 Å². The summed E-state index contributed by atoms with van der Waals surface area (Å²) in [5.41, 5.74) is 10.2. The molecule has 5 rings (SSSR count). The summed E-state index contributed by atoms with van der Waals surface area (Å²) in [5, 5.41) is 0. The van der Waals surface area contributed by atoms with Crippen LogP contribution in [-0.4, -0.2) is 5.88 Å². The summed E-state index contributed by atoms with van der Waals surface area (Å²) in [6.45, 7) is 7.04. The third-order valence-electron chi connectivity index (χ3n) is 7.45. The van der Waals surface area contributed by atoms with Crippen LogP contribution in [0.2, 0.25) is 0 Å². The van der Waals surface area contributed by atoms with Gasteiger partial charge in [0.15, 0.2) is 0 Å². The van der Waals surface area contributed by atoms with Crippen LogP contribution in [-0.2, 0) is 0 Å². The molecule has 0 saturated heterocycles. The summed E-state index contributed by atoms with van der Waals surface area (Å²) in [6, 6.07) is 27.0. The Morgan fingerprint density at radius 1 is 0.727 bits per heavy atom. The minimum atomic E-state index is 0.350. The Labute approximate surface area is 203 Å². The highest BCUT2D eigenvalue weighted by Gasteiger charge is 2.31. The first-order chi connectivity index (χ1) is 16.1. The Kier molecular flexibility index (Phi) is 6.64. The van der Waals surface area contributed by atoms with Gasteiger partial charge in [0.25, 0.3) is 0 Å². The minimum Gasteiger partial charge on any atom is -0.334 e. The zero-order chi connectivity index (χ0) is 22.8. The van der Waals surface area contributed by atoms with Crippen molar-refractivity contribution in [2.24, 2.45) is 0 Å². The van der Waals surface area contributed by atoms with Gasteiger partial charge in [0, 0.05) is 28.1 Å². The quantitative estimate of drug-likeness (QED) is 0.379. The Balaban J connectivity index is 1.69. The molecule has 2 heteroatoms. The van der Waals surface area contributed by atoms with Gasteiger partial charge in [-0.05, 0) is 54.9 Å². The first-order valence-corrected chi connectivity index (χ1v) is 13.5. The van der Waals surface area contributed by atoms with Crippen LogP contribution in [0.1, 0.15) is 85.6 Å². The topological polar surface area (TPSA) is 3.24 Å². The molecule has 1 aliphatic heterocycles. The molecule has 170 valence electrons. The third-order valence-corrected chi connectivity index (χ3v) is 8.62. The van der Waals surface area contributed by atoms with E-state index in [9.17, 15) is 0 Å². The van der Waals surface area contributed by atoms with Crippen molar-refractivity contribution in [3.05, 3.63) is 111 Å². The number of hydrogen-bond acceptors (Lipinski definition) is 2. The number of thioether (sulfide) groups is 1. The average Bonchev–Trinajstić information content (AvgIpc) is 3.10. The maximum absolute atomic E-state index is 2.70. The Morgan fingerprint density at radius 3 is 1.85 bits per heavy atom. The smallest absolute Gasteiger partial charge is 0.0729 e. The fourth-order valence-corrected chi connectivity index (χ4v) is 6.79. The lowest BCUT2D eigenvalue weighted by molar-refractivity contribution is 0.702. The van der Waals surface area contributed by atoms with Crippen molar-refractivity contribution in [1.29, 1.82) is 0 Å². The normalized spacial score (nSPS) is 18.1. The molecule has 0 radical (unpaired) electrons. The summed E-state index contributed by atoms with van der Waals surface area (Å²) in [6.07, 6.45) is 6.49. The van der Waals surface area contributed by atoms with E-state index in [0.717, 1.165) is 5.88 Å². The Bertz CT molecular complexity index is 1070. The first-order valence-electron chi connectivity index (χ1n) is 12.5. The standard InChI is InChI=1S/C31H35NS/c1-22-19-27(23(2)25-13-7-4-8-14-25)31(28(20-22)24(3)26-15-9-5-10-16-26)32-21-33-30-18-12-6-11-17-29(30)32/h4-5,7-10,13-16,19-20,23-24H,6,11-12,17-18,21H2,1-3H3. The van der Waals surface area contributed by atoms with Crippen molar-refractivity contribution in [1.82, 2.24) is 0 Å². The highest BCUT2D eigenvalue weighted by molar-refractivity contribution is 8.03. The lowest BCUT2D eigenvalue weighted by Crippen LogP contribution is -2.23. The minimum absolute atomic E-state index is 0.350. The second kappa shape index (κ2) is 9.81. The van der Waals surface area contributed by atoms with Crippen LogP contribution in [0, 0.1) is 6.92 Å². The predicted molar refractivity (Wildman–Crippen MR) is 144 cm³/mol. The van der Waals surface area contributed by atoms with Crippen LogP contribution in [0.5, 0.6) is 0 Å². The van der Waals surface area contributed by atoms with E-state index in [2.05, 4.69) is 110 Å². The van der Waals surface area contributed by atoms with Gasteiger partial charge in [-0.15, -0.1) is 11.8 Å². The summed E-state index contributed by atoms with van der Waals surface area (Å²) >= 11 is 2.08. The fourth-order valence-electron chi connectivity index (χ4n) is 5.55. The molecule has 0 amide bonds. The van der Waals surface area contributed by atoms with Crippen LogP contribution in [0.3, 0.4) is 0 Å². The van der Waals surface area contributed by atoms with Gasteiger partial charge in [-0.3, -0.25) is 0 Å². The zero-order valence-electron chi connectivity index (χ0n) is 20.2. The molecule has 3 aromatic carbocycles. The van der Waals surface area contributed by atoms with Gasteiger partial charge >= 0.3 is 0 Å². The monoisotopic (exact) mass is 453 g/mol. The molecule has 1 nitrogen and oxygen atoms in total. The molecule has 2 atom stereocenters. The number of anilines is 1. The molecule has 0 fully saturated rings. The molecule has 0 N–H and O–H groups in total. The van der Waals surface area contributed by atoms with E-state index >= 15 is 0 Å². The van der Waals surface area contributed by atoms with Gasteiger partial charge < -0.3 is 4.90 Å². The number of rotatable bonds is 5. The second-order valence-corrected chi connectivity index (χ2v) is 10.7. The number of hydrogen-bond donors (Lipinski definition) is 0. The van der Waals surface area contributed by atoms with Crippen LogP contribution in [0.15, 0.2) is 83.4 Å². The van der Waals surface area contributed by atoms with Crippen molar-refractivity contribution < 1.29 is 0 Å². The molecule has 1 aliphatic carbocycles. The van der Waals surface area contributed by atoms with Gasteiger partial charge in [0.1, 0.15) is 0 Å². The summed E-state index contributed by atoms with van der Waals surface area (Å²) in [7, 11) is 0. The molecule has 2 aliphatic rings. The average molecular weight is 454 g/mol. The van der Waals surface area contributed by atoms with E-state index in [4.69, 9.17) is 0 Å². The van der Waals surface area contributed by atoms with Crippen molar-refractivity contribution in [2.75, 3.05) is 10.8 Å². The van der Waals surface area contributed by atoms with Gasteiger partial charge in [0.2, 0.25) is 0 Å². The first kappa shape index (κ1) is 22.3. The van der Waals surface area contributed by atoms with E-state index in [1.54, 1.807) is 10.6 Å². The predicted octanol–water partition coefficient (Wildman–Crippen LogP) is 8.99. The number of nitrogens with zero attached hydrogens (tertiary/aromatic N) is 1. The van der Waals surface area contributed by atoms with Crippen molar-refractivity contribution in [3.63, 3.8) is 0 Å². The maximum atomic E-state index is 2.70. The fraction of sp³-hybridized carbons (Fsp3) is 0.355. The number of aryl methyl sites for hydroxylation is 1. The van der Waals surface area contributed by atoms with Crippen LogP contribution in [0.25, 0.3) is 0 Å². The van der Waals surface area contributed by atoms with E-state index in [1.165, 1.54) is 65.6 Å². The molecule has 0 spiro atoms. The van der Waals surface area contributed by atoms with Crippen LogP contribution >= 0.6 is 11.8 Å². The highest BCUT2D eigenvalue weighted by atomic mass is 32.2. The SMILES string of the molecule is Cc1cc(C(C)c2ccccc2)c(N2CSC3=C2CCCCC3)c(C(C)c2ccccc2)c1. The lowest BCUT2D eigenvalue weighted by Gasteiger charge is -2.32. The molecule has 33 heavy (non-hydrogen) atoms. The molecule has 0 aromatic heterocycles.